The lowest BCUT2D eigenvalue weighted by Crippen LogP contribution is -2.31. The zero-order valence-electron chi connectivity index (χ0n) is 13.6. The standard InChI is InChI=1S/C17H19FN2O3S/c1-11-4-9-15(24(3,22)23)10-16(11)20-17(21)19-12(2)13-5-7-14(18)8-6-13/h4-10,12H,1-3H3,(H2,19,20,21)/t12-/m0/s1. The van der Waals surface area contributed by atoms with Crippen molar-refractivity contribution >= 4 is 21.6 Å². The molecule has 7 heteroatoms. The SMILES string of the molecule is Cc1ccc(S(C)(=O)=O)cc1NC(=O)N[C@@H](C)c1ccc(F)cc1. The van der Waals surface area contributed by atoms with Crippen molar-refractivity contribution in [1.82, 2.24) is 5.32 Å². The molecule has 2 aromatic rings. The third-order valence-corrected chi connectivity index (χ3v) is 4.71. The van der Waals surface area contributed by atoms with Gasteiger partial charge in [0, 0.05) is 11.9 Å². The molecule has 0 spiro atoms. The van der Waals surface area contributed by atoms with Crippen LogP contribution in [-0.4, -0.2) is 20.7 Å². The molecule has 0 radical (unpaired) electrons. The Morgan fingerprint density at radius 1 is 1.12 bits per heavy atom. The first kappa shape index (κ1) is 17.9. The number of hydrogen-bond donors (Lipinski definition) is 2. The average Bonchev–Trinajstić information content (AvgIpc) is 2.48. The molecule has 0 saturated carbocycles. The molecule has 0 unspecified atom stereocenters. The third-order valence-electron chi connectivity index (χ3n) is 3.60. The molecule has 128 valence electrons. The van der Waals surface area contributed by atoms with Crippen molar-refractivity contribution in [1.29, 1.82) is 0 Å². The van der Waals surface area contributed by atoms with E-state index in [9.17, 15) is 17.6 Å². The van der Waals surface area contributed by atoms with Crippen LogP contribution >= 0.6 is 0 Å². The first-order chi connectivity index (χ1) is 11.2. The van der Waals surface area contributed by atoms with Crippen LogP contribution in [0.3, 0.4) is 0 Å². The highest BCUT2D eigenvalue weighted by molar-refractivity contribution is 7.90. The Hall–Kier alpha value is -2.41. The second-order valence-electron chi connectivity index (χ2n) is 5.62. The van der Waals surface area contributed by atoms with Gasteiger partial charge in [0.15, 0.2) is 9.84 Å². The van der Waals surface area contributed by atoms with E-state index in [2.05, 4.69) is 10.6 Å². The van der Waals surface area contributed by atoms with E-state index in [1.54, 1.807) is 32.0 Å². The minimum atomic E-state index is -3.36. The number of urea groups is 1. The van der Waals surface area contributed by atoms with Gasteiger partial charge in [-0.05, 0) is 49.2 Å². The lowest BCUT2D eigenvalue weighted by atomic mass is 10.1. The topological polar surface area (TPSA) is 75.3 Å². The Morgan fingerprint density at radius 3 is 2.33 bits per heavy atom. The molecule has 0 aromatic heterocycles. The normalized spacial score (nSPS) is 12.5. The molecule has 0 aliphatic rings. The summed E-state index contributed by atoms with van der Waals surface area (Å²) < 4.78 is 36.2. The Kier molecular flexibility index (Phi) is 5.23. The predicted molar refractivity (Wildman–Crippen MR) is 91.3 cm³/mol. The Morgan fingerprint density at radius 2 is 1.75 bits per heavy atom. The predicted octanol–water partition coefficient (Wildman–Crippen LogP) is 3.42. The molecule has 2 rings (SSSR count). The fourth-order valence-corrected chi connectivity index (χ4v) is 2.80. The molecule has 0 aliphatic carbocycles. The van der Waals surface area contributed by atoms with Gasteiger partial charge in [0.2, 0.25) is 0 Å². The number of anilines is 1. The van der Waals surface area contributed by atoms with Crippen molar-refractivity contribution in [3.63, 3.8) is 0 Å². The molecule has 2 N–H and O–H groups in total. The molecule has 0 fully saturated rings. The zero-order chi connectivity index (χ0) is 17.9. The van der Waals surface area contributed by atoms with Crippen molar-refractivity contribution < 1.29 is 17.6 Å². The minimum Gasteiger partial charge on any atom is -0.331 e. The fraction of sp³-hybridized carbons (Fsp3) is 0.235. The van der Waals surface area contributed by atoms with Crippen molar-refractivity contribution in [2.45, 2.75) is 24.8 Å². The van der Waals surface area contributed by atoms with Crippen LogP contribution in [0.25, 0.3) is 0 Å². The van der Waals surface area contributed by atoms with Crippen LogP contribution in [0.5, 0.6) is 0 Å². The summed E-state index contributed by atoms with van der Waals surface area (Å²) in [5.74, 6) is -0.344. The summed E-state index contributed by atoms with van der Waals surface area (Å²) in [5, 5.41) is 5.37. The van der Waals surface area contributed by atoms with Crippen LogP contribution in [0.2, 0.25) is 0 Å². The number of benzene rings is 2. The van der Waals surface area contributed by atoms with Gasteiger partial charge in [-0.1, -0.05) is 18.2 Å². The number of nitrogens with one attached hydrogen (secondary N) is 2. The molecule has 24 heavy (non-hydrogen) atoms. The van der Waals surface area contributed by atoms with Gasteiger partial charge < -0.3 is 10.6 Å². The second-order valence-corrected chi connectivity index (χ2v) is 7.64. The average molecular weight is 350 g/mol. The van der Waals surface area contributed by atoms with Crippen molar-refractivity contribution in [3.8, 4) is 0 Å². The van der Waals surface area contributed by atoms with Crippen molar-refractivity contribution in [2.24, 2.45) is 0 Å². The number of amides is 2. The summed E-state index contributed by atoms with van der Waals surface area (Å²) >= 11 is 0. The highest BCUT2D eigenvalue weighted by Gasteiger charge is 2.13. The molecule has 1 atom stereocenters. The van der Waals surface area contributed by atoms with Crippen LogP contribution in [0.4, 0.5) is 14.9 Å². The van der Waals surface area contributed by atoms with Gasteiger partial charge in [-0.3, -0.25) is 0 Å². The van der Waals surface area contributed by atoms with Crippen molar-refractivity contribution in [3.05, 3.63) is 59.4 Å². The molecule has 5 nitrogen and oxygen atoms in total. The summed E-state index contributed by atoms with van der Waals surface area (Å²) in [6.45, 7) is 3.54. The fourth-order valence-electron chi connectivity index (χ4n) is 2.16. The van der Waals surface area contributed by atoms with Gasteiger partial charge in [-0.25, -0.2) is 17.6 Å². The van der Waals surface area contributed by atoms with Gasteiger partial charge in [0.25, 0.3) is 0 Å². The van der Waals surface area contributed by atoms with Crippen LogP contribution < -0.4 is 10.6 Å². The maximum Gasteiger partial charge on any atom is 0.319 e. The molecular formula is C17H19FN2O3S. The Balaban J connectivity index is 2.11. The van der Waals surface area contributed by atoms with Crippen LogP contribution in [0, 0.1) is 12.7 Å². The van der Waals surface area contributed by atoms with Gasteiger partial charge in [-0.15, -0.1) is 0 Å². The van der Waals surface area contributed by atoms with E-state index in [-0.39, 0.29) is 16.8 Å². The number of hydrogen-bond acceptors (Lipinski definition) is 3. The Bertz CT molecular complexity index is 849. The first-order valence-electron chi connectivity index (χ1n) is 7.30. The lowest BCUT2D eigenvalue weighted by molar-refractivity contribution is 0.249. The van der Waals surface area contributed by atoms with Crippen LogP contribution in [0.15, 0.2) is 47.4 Å². The number of rotatable bonds is 4. The smallest absolute Gasteiger partial charge is 0.319 e. The summed E-state index contributed by atoms with van der Waals surface area (Å²) in [6, 6.07) is 9.59. The van der Waals surface area contributed by atoms with E-state index >= 15 is 0 Å². The third kappa shape index (κ3) is 4.55. The molecule has 0 heterocycles. The summed E-state index contributed by atoms with van der Waals surface area (Å²) in [6.07, 6.45) is 1.11. The molecule has 0 saturated heterocycles. The number of aryl methyl sites for hydroxylation is 1. The van der Waals surface area contributed by atoms with Crippen LogP contribution in [-0.2, 0) is 9.84 Å². The van der Waals surface area contributed by atoms with Gasteiger partial charge >= 0.3 is 6.03 Å². The molecule has 0 aliphatic heterocycles. The highest BCUT2D eigenvalue weighted by atomic mass is 32.2. The van der Waals surface area contributed by atoms with Gasteiger partial charge in [-0.2, -0.15) is 0 Å². The van der Waals surface area contributed by atoms with E-state index < -0.39 is 15.9 Å². The monoisotopic (exact) mass is 350 g/mol. The highest BCUT2D eigenvalue weighted by Crippen LogP contribution is 2.20. The maximum atomic E-state index is 12.9. The van der Waals surface area contributed by atoms with E-state index in [0.29, 0.717) is 5.69 Å². The molecule has 2 aromatic carbocycles. The zero-order valence-corrected chi connectivity index (χ0v) is 14.4. The van der Waals surface area contributed by atoms with E-state index in [0.717, 1.165) is 17.4 Å². The Labute approximate surface area is 140 Å². The summed E-state index contributed by atoms with van der Waals surface area (Å²) in [7, 11) is -3.36. The first-order valence-corrected chi connectivity index (χ1v) is 9.19. The summed E-state index contributed by atoms with van der Waals surface area (Å²) in [4.78, 5) is 12.3. The van der Waals surface area contributed by atoms with E-state index in [1.807, 2.05) is 0 Å². The number of halogens is 1. The van der Waals surface area contributed by atoms with E-state index in [4.69, 9.17) is 0 Å². The molecule has 2 amide bonds. The van der Waals surface area contributed by atoms with E-state index in [1.165, 1.54) is 24.3 Å². The minimum absolute atomic E-state index is 0.134. The van der Waals surface area contributed by atoms with Crippen molar-refractivity contribution in [2.75, 3.05) is 11.6 Å². The lowest BCUT2D eigenvalue weighted by Gasteiger charge is -2.16. The van der Waals surface area contributed by atoms with Gasteiger partial charge in [0.05, 0.1) is 10.9 Å². The number of sulfone groups is 1. The largest absolute Gasteiger partial charge is 0.331 e. The summed E-state index contributed by atoms with van der Waals surface area (Å²) in [5.41, 5.74) is 1.92. The number of carbonyl (C=O) groups is 1. The van der Waals surface area contributed by atoms with Gasteiger partial charge in [0.1, 0.15) is 5.82 Å². The second kappa shape index (κ2) is 7.00. The molecule has 0 bridgehead atoms. The maximum absolute atomic E-state index is 12.9. The number of carbonyl (C=O) groups excluding carboxylic acids is 1. The van der Waals surface area contributed by atoms with Crippen LogP contribution in [0.1, 0.15) is 24.1 Å². The quantitative estimate of drug-likeness (QED) is 0.887. The molecular weight excluding hydrogens is 331 g/mol.